The molecule has 1 aliphatic carbocycles. The number of nitrogens with one attached hydrogen (secondary N) is 1. The molecule has 1 fully saturated rings. The lowest BCUT2D eigenvalue weighted by Gasteiger charge is -2.29. The standard InChI is InChI=1S/C19H25N3O4S/c1-13-12-14(2)21-19(20-13)26-16-10-8-15(9-11-16)22-27(23,24)18-7-5-4-6-17(18)25-3/h4-7,12,15-16,22H,8-11H2,1-3H3. The molecule has 7 nitrogen and oxygen atoms in total. The average molecular weight is 391 g/mol. The predicted octanol–water partition coefficient (Wildman–Crippen LogP) is 2.77. The summed E-state index contributed by atoms with van der Waals surface area (Å²) in [6.07, 6.45) is 2.89. The van der Waals surface area contributed by atoms with Crippen LogP contribution in [0.1, 0.15) is 37.1 Å². The maximum atomic E-state index is 12.7. The van der Waals surface area contributed by atoms with E-state index < -0.39 is 10.0 Å². The second-order valence-electron chi connectivity index (χ2n) is 6.80. The summed E-state index contributed by atoms with van der Waals surface area (Å²) < 4.78 is 39.2. The number of sulfonamides is 1. The third-order valence-electron chi connectivity index (χ3n) is 4.59. The molecule has 0 amide bonds. The fourth-order valence-corrected chi connectivity index (χ4v) is 4.79. The van der Waals surface area contributed by atoms with E-state index in [2.05, 4.69) is 14.7 Å². The van der Waals surface area contributed by atoms with E-state index in [4.69, 9.17) is 9.47 Å². The SMILES string of the molecule is COc1ccccc1S(=O)(=O)NC1CCC(Oc2nc(C)cc(C)n2)CC1. The van der Waals surface area contributed by atoms with Crippen LogP contribution in [0.25, 0.3) is 0 Å². The Morgan fingerprint density at radius 3 is 2.30 bits per heavy atom. The summed E-state index contributed by atoms with van der Waals surface area (Å²) in [4.78, 5) is 8.77. The van der Waals surface area contributed by atoms with Gasteiger partial charge in [0.05, 0.1) is 7.11 Å². The third-order valence-corrected chi connectivity index (χ3v) is 6.15. The molecule has 146 valence electrons. The van der Waals surface area contributed by atoms with Gasteiger partial charge in [0.15, 0.2) is 0 Å². The van der Waals surface area contributed by atoms with E-state index in [1.54, 1.807) is 24.3 Å². The molecule has 8 heteroatoms. The van der Waals surface area contributed by atoms with E-state index in [0.717, 1.165) is 24.2 Å². The number of aromatic nitrogens is 2. The van der Waals surface area contributed by atoms with E-state index in [1.165, 1.54) is 7.11 Å². The lowest BCUT2D eigenvalue weighted by molar-refractivity contribution is 0.131. The summed E-state index contributed by atoms with van der Waals surface area (Å²) >= 11 is 0. The van der Waals surface area contributed by atoms with Gasteiger partial charge in [-0.15, -0.1) is 0 Å². The molecule has 0 unspecified atom stereocenters. The Morgan fingerprint density at radius 1 is 1.04 bits per heavy atom. The average Bonchev–Trinajstić information content (AvgIpc) is 2.62. The smallest absolute Gasteiger partial charge is 0.317 e. The van der Waals surface area contributed by atoms with Gasteiger partial charge in [0.2, 0.25) is 10.0 Å². The van der Waals surface area contributed by atoms with Gasteiger partial charge in [0.25, 0.3) is 0 Å². The molecule has 1 aliphatic rings. The van der Waals surface area contributed by atoms with Crippen molar-refractivity contribution in [1.82, 2.24) is 14.7 Å². The van der Waals surface area contributed by atoms with Crippen molar-refractivity contribution >= 4 is 10.0 Å². The summed E-state index contributed by atoms with van der Waals surface area (Å²) in [5.41, 5.74) is 1.74. The minimum absolute atomic E-state index is 0.00165. The molecule has 0 radical (unpaired) electrons. The van der Waals surface area contributed by atoms with Crippen LogP contribution in [0.15, 0.2) is 35.2 Å². The van der Waals surface area contributed by atoms with E-state index >= 15 is 0 Å². The molecule has 1 saturated carbocycles. The van der Waals surface area contributed by atoms with E-state index in [0.29, 0.717) is 24.6 Å². The summed E-state index contributed by atoms with van der Waals surface area (Å²) in [6.45, 7) is 3.82. The van der Waals surface area contributed by atoms with E-state index in [1.807, 2.05) is 19.9 Å². The molecule has 0 spiro atoms. The van der Waals surface area contributed by atoms with Crippen LogP contribution >= 0.6 is 0 Å². The monoisotopic (exact) mass is 391 g/mol. The van der Waals surface area contributed by atoms with E-state index in [9.17, 15) is 8.42 Å². The highest BCUT2D eigenvalue weighted by Crippen LogP contribution is 2.26. The Kier molecular flexibility index (Phi) is 5.96. The zero-order chi connectivity index (χ0) is 19.4. The molecule has 1 aromatic heterocycles. The van der Waals surface area contributed by atoms with E-state index in [-0.39, 0.29) is 17.0 Å². The zero-order valence-corrected chi connectivity index (χ0v) is 16.6. The number of ether oxygens (including phenoxy) is 2. The minimum Gasteiger partial charge on any atom is -0.495 e. The first-order valence-corrected chi connectivity index (χ1v) is 10.5. The Balaban J connectivity index is 1.59. The predicted molar refractivity (Wildman–Crippen MR) is 101 cm³/mol. The van der Waals surface area contributed by atoms with Crippen molar-refractivity contribution in [2.24, 2.45) is 0 Å². The van der Waals surface area contributed by atoms with Gasteiger partial charge in [-0.25, -0.2) is 23.1 Å². The van der Waals surface area contributed by atoms with Gasteiger partial charge in [0.1, 0.15) is 16.7 Å². The van der Waals surface area contributed by atoms with Gasteiger partial charge in [-0.3, -0.25) is 0 Å². The Labute approximate surface area is 160 Å². The highest BCUT2D eigenvalue weighted by atomic mass is 32.2. The summed E-state index contributed by atoms with van der Waals surface area (Å²) in [7, 11) is -2.17. The second kappa shape index (κ2) is 8.22. The number of aryl methyl sites for hydroxylation is 2. The molecule has 0 aliphatic heterocycles. The van der Waals surface area contributed by atoms with Crippen molar-refractivity contribution < 1.29 is 17.9 Å². The Hall–Kier alpha value is -2.19. The fourth-order valence-electron chi connectivity index (χ4n) is 3.32. The summed E-state index contributed by atoms with van der Waals surface area (Å²) in [6, 6.07) is 8.79. The van der Waals surface area contributed by atoms with Crippen LogP contribution in [0, 0.1) is 13.8 Å². The molecule has 2 aromatic rings. The number of hydrogen-bond donors (Lipinski definition) is 1. The van der Waals surface area contributed by atoms with Gasteiger partial charge in [-0.1, -0.05) is 12.1 Å². The zero-order valence-electron chi connectivity index (χ0n) is 15.8. The lowest BCUT2D eigenvalue weighted by Crippen LogP contribution is -2.39. The first-order chi connectivity index (χ1) is 12.9. The molecule has 0 saturated heterocycles. The highest BCUT2D eigenvalue weighted by molar-refractivity contribution is 7.89. The van der Waals surface area contributed by atoms with Gasteiger partial charge in [0, 0.05) is 17.4 Å². The van der Waals surface area contributed by atoms with Crippen molar-refractivity contribution in [3.63, 3.8) is 0 Å². The topological polar surface area (TPSA) is 90.4 Å². The molecule has 0 atom stereocenters. The van der Waals surface area contributed by atoms with Crippen molar-refractivity contribution in [2.75, 3.05) is 7.11 Å². The molecule has 0 bridgehead atoms. The molecule has 1 aromatic carbocycles. The lowest BCUT2D eigenvalue weighted by atomic mass is 9.94. The minimum atomic E-state index is -3.63. The van der Waals surface area contributed by atoms with Gasteiger partial charge < -0.3 is 9.47 Å². The second-order valence-corrected chi connectivity index (χ2v) is 8.48. The highest BCUT2D eigenvalue weighted by Gasteiger charge is 2.28. The molecule has 1 N–H and O–H groups in total. The van der Waals surface area contributed by atoms with Crippen molar-refractivity contribution in [1.29, 1.82) is 0 Å². The Bertz CT molecular complexity index is 873. The molecule has 3 rings (SSSR count). The Morgan fingerprint density at radius 2 is 1.67 bits per heavy atom. The normalized spacial score (nSPS) is 20.3. The summed E-state index contributed by atoms with van der Waals surface area (Å²) in [5.74, 6) is 0.342. The molecule has 1 heterocycles. The largest absolute Gasteiger partial charge is 0.495 e. The van der Waals surface area contributed by atoms with Crippen LogP contribution in [0.4, 0.5) is 0 Å². The maximum Gasteiger partial charge on any atom is 0.317 e. The first-order valence-electron chi connectivity index (χ1n) is 9.01. The number of para-hydroxylation sites is 1. The number of hydrogen-bond acceptors (Lipinski definition) is 6. The van der Waals surface area contributed by atoms with Gasteiger partial charge in [-0.2, -0.15) is 0 Å². The fraction of sp³-hybridized carbons (Fsp3) is 0.474. The van der Waals surface area contributed by atoms with Crippen LogP contribution in [0.3, 0.4) is 0 Å². The van der Waals surface area contributed by atoms with Crippen LogP contribution in [0.2, 0.25) is 0 Å². The molecule has 27 heavy (non-hydrogen) atoms. The third kappa shape index (κ3) is 4.95. The van der Waals surface area contributed by atoms with Crippen LogP contribution in [0.5, 0.6) is 11.8 Å². The molecular weight excluding hydrogens is 366 g/mol. The van der Waals surface area contributed by atoms with Crippen LogP contribution < -0.4 is 14.2 Å². The van der Waals surface area contributed by atoms with Crippen molar-refractivity contribution in [3.05, 3.63) is 41.7 Å². The number of rotatable bonds is 6. The number of benzene rings is 1. The maximum absolute atomic E-state index is 12.7. The number of methoxy groups -OCH3 is 1. The van der Waals surface area contributed by atoms with Gasteiger partial charge >= 0.3 is 6.01 Å². The van der Waals surface area contributed by atoms with Crippen LogP contribution in [-0.4, -0.2) is 37.6 Å². The first kappa shape index (κ1) is 19.6. The molecular formula is C19H25N3O4S. The van der Waals surface area contributed by atoms with Crippen molar-refractivity contribution in [3.8, 4) is 11.8 Å². The van der Waals surface area contributed by atoms with Gasteiger partial charge in [-0.05, 0) is 57.7 Å². The quantitative estimate of drug-likeness (QED) is 0.814. The summed E-state index contributed by atoms with van der Waals surface area (Å²) in [5, 5.41) is 0. The number of nitrogens with zero attached hydrogens (tertiary/aromatic N) is 2. The van der Waals surface area contributed by atoms with Crippen molar-refractivity contribution in [2.45, 2.75) is 56.6 Å². The van der Waals surface area contributed by atoms with Crippen LogP contribution in [-0.2, 0) is 10.0 Å².